The Bertz CT molecular complexity index is 357. The van der Waals surface area contributed by atoms with Gasteiger partial charge in [0.15, 0.2) is 0 Å². The zero-order valence-corrected chi connectivity index (χ0v) is 8.99. The van der Waals surface area contributed by atoms with Crippen LogP contribution in [0.4, 0.5) is 0 Å². The molecular weight excluding hydrogens is 194 g/mol. The molecule has 0 bridgehead atoms. The van der Waals surface area contributed by atoms with E-state index in [2.05, 4.69) is 10.5 Å². The van der Waals surface area contributed by atoms with Crippen molar-refractivity contribution in [3.8, 4) is 0 Å². The smallest absolute Gasteiger partial charge is 0.239 e. The van der Waals surface area contributed by atoms with E-state index in [-0.39, 0.29) is 11.9 Å². The van der Waals surface area contributed by atoms with Gasteiger partial charge in [-0.3, -0.25) is 4.79 Å². The first-order valence-corrected chi connectivity index (χ1v) is 5.07. The lowest BCUT2D eigenvalue weighted by atomic mass is 10.1. The third-order valence-corrected chi connectivity index (χ3v) is 2.57. The quantitative estimate of drug-likeness (QED) is 0.778. The minimum atomic E-state index is 0.00278. The molecule has 1 aromatic heterocycles. The fourth-order valence-corrected chi connectivity index (χ4v) is 1.58. The molecule has 0 aliphatic carbocycles. The number of nitrogens with one attached hydrogen (secondary N) is 1. The van der Waals surface area contributed by atoms with Gasteiger partial charge in [0.2, 0.25) is 5.91 Å². The van der Waals surface area contributed by atoms with Crippen LogP contribution in [0.2, 0.25) is 0 Å². The van der Waals surface area contributed by atoms with E-state index >= 15 is 0 Å². The van der Waals surface area contributed by atoms with Gasteiger partial charge in [-0.05, 0) is 19.9 Å². The SMILES string of the molecule is Cc1cc(CN(C)C(=O)[C@H]2CCN2)no1. The van der Waals surface area contributed by atoms with Gasteiger partial charge in [-0.2, -0.15) is 0 Å². The summed E-state index contributed by atoms with van der Waals surface area (Å²) in [6.45, 7) is 3.29. The molecule has 1 aliphatic rings. The van der Waals surface area contributed by atoms with E-state index in [0.717, 1.165) is 24.4 Å². The number of carbonyl (C=O) groups excluding carboxylic acids is 1. The zero-order valence-electron chi connectivity index (χ0n) is 8.99. The van der Waals surface area contributed by atoms with E-state index in [0.29, 0.717) is 6.54 Å². The van der Waals surface area contributed by atoms with Crippen LogP contribution < -0.4 is 5.32 Å². The summed E-state index contributed by atoms with van der Waals surface area (Å²) in [5.41, 5.74) is 0.794. The van der Waals surface area contributed by atoms with Crippen molar-refractivity contribution in [2.24, 2.45) is 0 Å². The number of amides is 1. The van der Waals surface area contributed by atoms with E-state index in [1.165, 1.54) is 0 Å². The summed E-state index contributed by atoms with van der Waals surface area (Å²) >= 11 is 0. The normalized spacial score (nSPS) is 19.7. The second-order valence-corrected chi connectivity index (χ2v) is 3.92. The monoisotopic (exact) mass is 209 g/mol. The molecule has 1 saturated heterocycles. The first kappa shape index (κ1) is 10.2. The highest BCUT2D eigenvalue weighted by molar-refractivity contribution is 5.82. The van der Waals surface area contributed by atoms with Crippen molar-refractivity contribution < 1.29 is 9.32 Å². The number of rotatable bonds is 3. The molecule has 0 aromatic carbocycles. The molecule has 0 radical (unpaired) electrons. The second-order valence-electron chi connectivity index (χ2n) is 3.92. The van der Waals surface area contributed by atoms with Gasteiger partial charge in [0, 0.05) is 13.1 Å². The average molecular weight is 209 g/mol. The van der Waals surface area contributed by atoms with Crippen molar-refractivity contribution in [3.63, 3.8) is 0 Å². The minimum absolute atomic E-state index is 0.00278. The summed E-state index contributed by atoms with van der Waals surface area (Å²) < 4.78 is 4.94. The van der Waals surface area contributed by atoms with Gasteiger partial charge >= 0.3 is 0 Å². The molecule has 15 heavy (non-hydrogen) atoms. The Labute approximate surface area is 88.4 Å². The maximum Gasteiger partial charge on any atom is 0.239 e. The number of hydrogen-bond donors (Lipinski definition) is 1. The minimum Gasteiger partial charge on any atom is -0.361 e. The molecule has 1 N–H and O–H groups in total. The maximum atomic E-state index is 11.7. The molecule has 1 aliphatic heterocycles. The molecule has 2 rings (SSSR count). The van der Waals surface area contributed by atoms with Crippen LogP contribution in [0.1, 0.15) is 17.9 Å². The lowest BCUT2D eigenvalue weighted by molar-refractivity contribution is -0.134. The van der Waals surface area contributed by atoms with Crippen LogP contribution in [0.3, 0.4) is 0 Å². The summed E-state index contributed by atoms with van der Waals surface area (Å²) in [5.74, 6) is 0.898. The van der Waals surface area contributed by atoms with Crippen molar-refractivity contribution in [2.75, 3.05) is 13.6 Å². The van der Waals surface area contributed by atoms with Crippen molar-refractivity contribution in [1.82, 2.24) is 15.4 Å². The van der Waals surface area contributed by atoms with Crippen LogP contribution in [-0.4, -0.2) is 35.6 Å². The Kier molecular flexibility index (Phi) is 2.73. The molecule has 1 amide bonds. The molecule has 0 saturated carbocycles. The Morgan fingerprint density at radius 3 is 3.00 bits per heavy atom. The van der Waals surface area contributed by atoms with Crippen LogP contribution in [0, 0.1) is 6.92 Å². The van der Waals surface area contributed by atoms with Crippen molar-refractivity contribution in [3.05, 3.63) is 17.5 Å². The fraction of sp³-hybridized carbons (Fsp3) is 0.600. The molecule has 82 valence electrons. The van der Waals surface area contributed by atoms with Crippen LogP contribution >= 0.6 is 0 Å². The second kappa shape index (κ2) is 4.02. The van der Waals surface area contributed by atoms with Gasteiger partial charge in [0.1, 0.15) is 11.5 Å². The third kappa shape index (κ3) is 2.18. The van der Waals surface area contributed by atoms with E-state index in [1.807, 2.05) is 13.0 Å². The lowest BCUT2D eigenvalue weighted by Gasteiger charge is -2.30. The number of nitrogens with zero attached hydrogens (tertiary/aromatic N) is 2. The summed E-state index contributed by atoms with van der Waals surface area (Å²) in [5, 5.41) is 6.93. The highest BCUT2D eigenvalue weighted by atomic mass is 16.5. The predicted octanol–water partition coefficient (Wildman–Crippen LogP) is 0.303. The van der Waals surface area contributed by atoms with Gasteiger partial charge in [-0.25, -0.2) is 0 Å². The number of carbonyl (C=O) groups is 1. The van der Waals surface area contributed by atoms with E-state index in [1.54, 1.807) is 11.9 Å². The van der Waals surface area contributed by atoms with Crippen LogP contribution in [-0.2, 0) is 11.3 Å². The molecule has 1 fully saturated rings. The zero-order chi connectivity index (χ0) is 10.8. The summed E-state index contributed by atoms with van der Waals surface area (Å²) in [7, 11) is 1.78. The number of aryl methyl sites for hydroxylation is 1. The van der Waals surface area contributed by atoms with Gasteiger partial charge in [-0.15, -0.1) is 0 Å². The van der Waals surface area contributed by atoms with Gasteiger partial charge < -0.3 is 14.7 Å². The molecular formula is C10H15N3O2. The number of aromatic nitrogens is 1. The van der Waals surface area contributed by atoms with E-state index in [9.17, 15) is 4.79 Å². The molecule has 2 heterocycles. The van der Waals surface area contributed by atoms with E-state index in [4.69, 9.17) is 4.52 Å². The van der Waals surface area contributed by atoms with Crippen molar-refractivity contribution in [2.45, 2.75) is 25.9 Å². The first-order valence-electron chi connectivity index (χ1n) is 5.07. The van der Waals surface area contributed by atoms with E-state index < -0.39 is 0 Å². The first-order chi connectivity index (χ1) is 7.16. The molecule has 0 unspecified atom stereocenters. The molecule has 5 heteroatoms. The predicted molar refractivity (Wildman–Crippen MR) is 54.1 cm³/mol. The van der Waals surface area contributed by atoms with Crippen LogP contribution in [0.15, 0.2) is 10.6 Å². The molecule has 5 nitrogen and oxygen atoms in total. The number of hydrogen-bond acceptors (Lipinski definition) is 4. The number of likely N-dealkylation sites (N-methyl/N-ethyl adjacent to an activating group) is 1. The Morgan fingerprint density at radius 1 is 1.80 bits per heavy atom. The van der Waals surface area contributed by atoms with Gasteiger partial charge in [-0.1, -0.05) is 5.16 Å². The topological polar surface area (TPSA) is 58.4 Å². The largest absolute Gasteiger partial charge is 0.361 e. The van der Waals surface area contributed by atoms with Gasteiger partial charge in [0.05, 0.1) is 12.6 Å². The highest BCUT2D eigenvalue weighted by Gasteiger charge is 2.27. The lowest BCUT2D eigenvalue weighted by Crippen LogP contribution is -2.53. The average Bonchev–Trinajstić information content (AvgIpc) is 2.48. The fourth-order valence-electron chi connectivity index (χ4n) is 1.58. The Hall–Kier alpha value is -1.36. The third-order valence-electron chi connectivity index (χ3n) is 2.57. The highest BCUT2D eigenvalue weighted by Crippen LogP contribution is 2.09. The standard InChI is InChI=1S/C10H15N3O2/c1-7-5-8(12-15-7)6-13(2)10(14)9-3-4-11-9/h5,9,11H,3-4,6H2,1-2H3/t9-/m1/s1. The maximum absolute atomic E-state index is 11.7. The summed E-state index contributed by atoms with van der Waals surface area (Å²) in [6.07, 6.45) is 0.932. The summed E-state index contributed by atoms with van der Waals surface area (Å²) in [6, 6.07) is 1.85. The molecule has 1 aromatic rings. The van der Waals surface area contributed by atoms with Gasteiger partial charge in [0.25, 0.3) is 0 Å². The van der Waals surface area contributed by atoms with Crippen molar-refractivity contribution >= 4 is 5.91 Å². The molecule has 0 spiro atoms. The molecule has 1 atom stereocenters. The van der Waals surface area contributed by atoms with Crippen molar-refractivity contribution in [1.29, 1.82) is 0 Å². The Morgan fingerprint density at radius 2 is 2.53 bits per heavy atom. The van der Waals surface area contributed by atoms with Crippen LogP contribution in [0.5, 0.6) is 0 Å². The summed E-state index contributed by atoms with van der Waals surface area (Å²) in [4.78, 5) is 13.4. The van der Waals surface area contributed by atoms with Crippen LogP contribution in [0.25, 0.3) is 0 Å². The Balaban J connectivity index is 1.91.